The van der Waals surface area contributed by atoms with E-state index in [0.29, 0.717) is 13.2 Å². The summed E-state index contributed by atoms with van der Waals surface area (Å²) in [5.41, 5.74) is 6.25. The summed E-state index contributed by atoms with van der Waals surface area (Å²) in [7, 11) is 0. The Balaban J connectivity index is 2.18. The number of rotatable bonds is 2. The molecule has 0 unspecified atom stereocenters. The lowest BCUT2D eigenvalue weighted by Gasteiger charge is -2.28. The van der Waals surface area contributed by atoms with Gasteiger partial charge >= 0.3 is 0 Å². The standard InChI is InChI=1S/C12H15F2NO/c13-9-1-2-11(14)10(7-9)12(15)8-3-5-16-6-4-8/h1-2,7-8,12H,3-6,15H2/t12-/m0/s1. The van der Waals surface area contributed by atoms with E-state index in [4.69, 9.17) is 10.5 Å². The van der Waals surface area contributed by atoms with E-state index in [1.165, 1.54) is 6.07 Å². The highest BCUT2D eigenvalue weighted by Gasteiger charge is 2.24. The summed E-state index contributed by atoms with van der Waals surface area (Å²) >= 11 is 0. The van der Waals surface area contributed by atoms with E-state index >= 15 is 0 Å². The van der Waals surface area contributed by atoms with Crippen LogP contribution in [-0.4, -0.2) is 13.2 Å². The molecule has 2 nitrogen and oxygen atoms in total. The summed E-state index contributed by atoms with van der Waals surface area (Å²) in [6, 6.07) is 2.98. The maximum absolute atomic E-state index is 13.5. The lowest BCUT2D eigenvalue weighted by Crippen LogP contribution is -2.28. The van der Waals surface area contributed by atoms with E-state index in [9.17, 15) is 8.78 Å². The number of hydrogen-bond donors (Lipinski definition) is 1. The van der Waals surface area contributed by atoms with Gasteiger partial charge in [0.05, 0.1) is 0 Å². The molecule has 1 aliphatic heterocycles. The van der Waals surface area contributed by atoms with Crippen LogP contribution in [0.25, 0.3) is 0 Å². The van der Waals surface area contributed by atoms with Gasteiger partial charge in [0, 0.05) is 24.8 Å². The van der Waals surface area contributed by atoms with Crippen molar-refractivity contribution in [2.75, 3.05) is 13.2 Å². The predicted octanol–water partition coefficient (Wildman–Crippen LogP) is 2.39. The summed E-state index contributed by atoms with van der Waals surface area (Å²) in [5, 5.41) is 0. The van der Waals surface area contributed by atoms with Crippen LogP contribution >= 0.6 is 0 Å². The molecule has 0 radical (unpaired) electrons. The zero-order valence-electron chi connectivity index (χ0n) is 8.96. The highest BCUT2D eigenvalue weighted by Crippen LogP contribution is 2.29. The van der Waals surface area contributed by atoms with Crippen molar-refractivity contribution in [1.29, 1.82) is 0 Å². The van der Waals surface area contributed by atoms with E-state index in [0.717, 1.165) is 25.0 Å². The van der Waals surface area contributed by atoms with E-state index in [1.807, 2.05) is 0 Å². The van der Waals surface area contributed by atoms with E-state index in [2.05, 4.69) is 0 Å². The van der Waals surface area contributed by atoms with Crippen molar-refractivity contribution in [2.24, 2.45) is 11.7 Å². The minimum atomic E-state index is -0.445. The number of ether oxygens (including phenoxy) is 1. The van der Waals surface area contributed by atoms with Crippen LogP contribution in [0.2, 0.25) is 0 Å². The highest BCUT2D eigenvalue weighted by atomic mass is 19.1. The average Bonchev–Trinajstić information content (AvgIpc) is 2.32. The molecule has 88 valence electrons. The van der Waals surface area contributed by atoms with Crippen molar-refractivity contribution in [3.05, 3.63) is 35.4 Å². The maximum atomic E-state index is 13.5. The van der Waals surface area contributed by atoms with Crippen molar-refractivity contribution in [3.8, 4) is 0 Å². The molecule has 0 spiro atoms. The fourth-order valence-electron chi connectivity index (χ4n) is 2.10. The molecule has 0 amide bonds. The zero-order chi connectivity index (χ0) is 11.5. The smallest absolute Gasteiger partial charge is 0.128 e. The van der Waals surface area contributed by atoms with Gasteiger partial charge < -0.3 is 10.5 Å². The van der Waals surface area contributed by atoms with Crippen LogP contribution in [0.4, 0.5) is 8.78 Å². The third kappa shape index (κ3) is 2.39. The Hall–Kier alpha value is -1.00. The maximum Gasteiger partial charge on any atom is 0.128 e. The van der Waals surface area contributed by atoms with Crippen LogP contribution in [0.1, 0.15) is 24.4 Å². The van der Waals surface area contributed by atoms with E-state index < -0.39 is 17.7 Å². The molecule has 16 heavy (non-hydrogen) atoms. The SMILES string of the molecule is N[C@H](c1cc(F)ccc1F)C1CCOCC1. The number of nitrogens with two attached hydrogens (primary N) is 1. The minimum Gasteiger partial charge on any atom is -0.381 e. The fourth-order valence-corrected chi connectivity index (χ4v) is 2.10. The zero-order valence-corrected chi connectivity index (χ0v) is 8.96. The summed E-state index contributed by atoms with van der Waals surface area (Å²) in [4.78, 5) is 0. The van der Waals surface area contributed by atoms with Crippen molar-refractivity contribution >= 4 is 0 Å². The second kappa shape index (κ2) is 4.89. The third-order valence-electron chi connectivity index (χ3n) is 3.09. The molecule has 0 saturated carbocycles. The molecule has 1 heterocycles. The predicted molar refractivity (Wildman–Crippen MR) is 56.8 cm³/mol. The Morgan fingerprint density at radius 1 is 1.25 bits per heavy atom. The molecule has 2 rings (SSSR count). The quantitative estimate of drug-likeness (QED) is 0.842. The van der Waals surface area contributed by atoms with Crippen molar-refractivity contribution in [2.45, 2.75) is 18.9 Å². The molecule has 1 atom stereocenters. The summed E-state index contributed by atoms with van der Waals surface area (Å²) in [6.07, 6.45) is 1.61. The fraction of sp³-hybridized carbons (Fsp3) is 0.500. The molecule has 1 fully saturated rings. The molecule has 0 bridgehead atoms. The van der Waals surface area contributed by atoms with Gasteiger partial charge in [-0.2, -0.15) is 0 Å². The first kappa shape index (κ1) is 11.5. The lowest BCUT2D eigenvalue weighted by atomic mass is 9.87. The molecular weight excluding hydrogens is 212 g/mol. The topological polar surface area (TPSA) is 35.2 Å². The second-order valence-corrected chi connectivity index (χ2v) is 4.14. The molecular formula is C12H15F2NO. The largest absolute Gasteiger partial charge is 0.381 e. The van der Waals surface area contributed by atoms with Crippen LogP contribution in [0.5, 0.6) is 0 Å². The van der Waals surface area contributed by atoms with E-state index in [-0.39, 0.29) is 11.5 Å². The molecule has 0 aromatic heterocycles. The van der Waals surface area contributed by atoms with E-state index in [1.54, 1.807) is 0 Å². The van der Waals surface area contributed by atoms with Crippen LogP contribution in [0, 0.1) is 17.6 Å². The molecule has 1 aromatic carbocycles. The Kier molecular flexibility index (Phi) is 3.51. The van der Waals surface area contributed by atoms with Gasteiger partial charge in [-0.25, -0.2) is 8.78 Å². The van der Waals surface area contributed by atoms with Gasteiger partial charge in [0.1, 0.15) is 11.6 Å². The minimum absolute atomic E-state index is 0.171. The highest BCUT2D eigenvalue weighted by molar-refractivity contribution is 5.22. The Morgan fingerprint density at radius 2 is 1.94 bits per heavy atom. The molecule has 1 aromatic rings. The van der Waals surface area contributed by atoms with Crippen molar-refractivity contribution in [3.63, 3.8) is 0 Å². The van der Waals surface area contributed by atoms with Crippen molar-refractivity contribution in [1.82, 2.24) is 0 Å². The van der Waals surface area contributed by atoms with Gasteiger partial charge in [-0.3, -0.25) is 0 Å². The van der Waals surface area contributed by atoms with Crippen LogP contribution in [0.3, 0.4) is 0 Å². The molecule has 4 heteroatoms. The van der Waals surface area contributed by atoms with Crippen LogP contribution in [0.15, 0.2) is 18.2 Å². The summed E-state index contributed by atoms with van der Waals surface area (Å²) < 4.78 is 31.7. The number of hydrogen-bond acceptors (Lipinski definition) is 2. The van der Waals surface area contributed by atoms with Gasteiger partial charge in [0.15, 0.2) is 0 Å². The third-order valence-corrected chi connectivity index (χ3v) is 3.09. The Labute approximate surface area is 93.4 Å². The first-order valence-corrected chi connectivity index (χ1v) is 5.47. The second-order valence-electron chi connectivity index (χ2n) is 4.14. The van der Waals surface area contributed by atoms with Crippen LogP contribution in [-0.2, 0) is 4.74 Å². The molecule has 1 saturated heterocycles. The van der Waals surface area contributed by atoms with Crippen molar-refractivity contribution < 1.29 is 13.5 Å². The van der Waals surface area contributed by atoms with Gasteiger partial charge in [-0.05, 0) is 37.0 Å². The van der Waals surface area contributed by atoms with Gasteiger partial charge in [0.25, 0.3) is 0 Å². The Bertz CT molecular complexity index is 364. The summed E-state index contributed by atoms with van der Waals surface area (Å²) in [6.45, 7) is 1.30. The van der Waals surface area contributed by atoms with Crippen LogP contribution < -0.4 is 5.73 Å². The average molecular weight is 227 g/mol. The molecule has 0 aliphatic carbocycles. The molecule has 1 aliphatic rings. The van der Waals surface area contributed by atoms with Gasteiger partial charge in [-0.15, -0.1) is 0 Å². The number of benzene rings is 1. The lowest BCUT2D eigenvalue weighted by molar-refractivity contribution is 0.0579. The monoisotopic (exact) mass is 227 g/mol. The Morgan fingerprint density at radius 3 is 2.62 bits per heavy atom. The number of halogens is 2. The summed E-state index contributed by atoms with van der Waals surface area (Å²) in [5.74, 6) is -0.704. The first-order valence-electron chi connectivity index (χ1n) is 5.47. The van der Waals surface area contributed by atoms with Gasteiger partial charge in [-0.1, -0.05) is 0 Å². The van der Waals surface area contributed by atoms with Gasteiger partial charge in [0.2, 0.25) is 0 Å². The first-order chi connectivity index (χ1) is 7.68. The molecule has 2 N–H and O–H groups in total. The normalized spacial score (nSPS) is 19.7.